The predicted molar refractivity (Wildman–Crippen MR) is 58.5 cm³/mol. The fourth-order valence-electron chi connectivity index (χ4n) is 1.79. The van der Waals surface area contributed by atoms with Crippen LogP contribution >= 0.6 is 0 Å². The number of ether oxygens (including phenoxy) is 1. The Balaban J connectivity index is 2.36. The third kappa shape index (κ3) is 3.44. The van der Waals surface area contributed by atoms with Crippen LogP contribution in [0.4, 0.5) is 0 Å². The summed E-state index contributed by atoms with van der Waals surface area (Å²) in [5, 5.41) is 0. The lowest BCUT2D eigenvalue weighted by Gasteiger charge is -2.38. The molecule has 1 fully saturated rings. The van der Waals surface area contributed by atoms with E-state index in [-0.39, 0.29) is 5.97 Å². The minimum atomic E-state index is -0.523. The summed E-state index contributed by atoms with van der Waals surface area (Å²) >= 11 is 0. The van der Waals surface area contributed by atoms with Gasteiger partial charge in [-0.15, -0.1) is 0 Å². The first-order valence-electron chi connectivity index (χ1n) is 5.30. The van der Waals surface area contributed by atoms with E-state index in [0.29, 0.717) is 12.6 Å². The smallest absolute Gasteiger partial charge is 0.323 e. The zero-order valence-corrected chi connectivity index (χ0v) is 9.77. The number of methoxy groups -OCH3 is 1. The van der Waals surface area contributed by atoms with E-state index >= 15 is 0 Å². The minimum absolute atomic E-state index is 0.332. The van der Waals surface area contributed by atoms with Crippen LogP contribution in [0.1, 0.15) is 6.92 Å². The average molecular weight is 215 g/mol. The number of carbonyl (C=O) groups is 1. The van der Waals surface area contributed by atoms with Crippen molar-refractivity contribution in [3.05, 3.63) is 0 Å². The molecule has 5 heteroatoms. The molecule has 0 amide bonds. The first-order valence-corrected chi connectivity index (χ1v) is 5.30. The van der Waals surface area contributed by atoms with Gasteiger partial charge in [-0.3, -0.25) is 9.69 Å². The van der Waals surface area contributed by atoms with Gasteiger partial charge >= 0.3 is 5.97 Å². The van der Waals surface area contributed by atoms with E-state index in [1.54, 1.807) is 0 Å². The largest absolute Gasteiger partial charge is 0.468 e. The van der Waals surface area contributed by atoms with Crippen LogP contribution in [-0.2, 0) is 9.53 Å². The van der Waals surface area contributed by atoms with Gasteiger partial charge in [-0.25, -0.2) is 0 Å². The molecular weight excluding hydrogens is 194 g/mol. The zero-order chi connectivity index (χ0) is 11.4. The molecule has 0 aromatic heterocycles. The number of piperazine rings is 1. The van der Waals surface area contributed by atoms with Crippen LogP contribution < -0.4 is 5.73 Å². The molecule has 1 rings (SSSR count). The third-order valence-electron chi connectivity index (χ3n) is 3.00. The van der Waals surface area contributed by atoms with E-state index in [9.17, 15) is 4.79 Å². The van der Waals surface area contributed by atoms with Gasteiger partial charge in [0.1, 0.15) is 6.04 Å². The summed E-state index contributed by atoms with van der Waals surface area (Å²) in [5.41, 5.74) is 5.71. The number of esters is 1. The van der Waals surface area contributed by atoms with Gasteiger partial charge in [-0.05, 0) is 14.0 Å². The Hall–Kier alpha value is -0.650. The monoisotopic (exact) mass is 215 g/mol. The molecule has 2 N–H and O–H groups in total. The average Bonchev–Trinajstić information content (AvgIpc) is 2.22. The number of nitrogens with two attached hydrogens (primary N) is 1. The van der Waals surface area contributed by atoms with Crippen LogP contribution in [0.5, 0.6) is 0 Å². The molecule has 1 aliphatic heterocycles. The van der Waals surface area contributed by atoms with E-state index in [1.807, 2.05) is 0 Å². The van der Waals surface area contributed by atoms with Crippen molar-refractivity contribution in [2.45, 2.75) is 19.0 Å². The first-order chi connectivity index (χ1) is 7.04. The maximum atomic E-state index is 11.1. The van der Waals surface area contributed by atoms with Crippen LogP contribution in [0.15, 0.2) is 0 Å². The van der Waals surface area contributed by atoms with Gasteiger partial charge in [0.2, 0.25) is 0 Å². The Kier molecular flexibility index (Phi) is 4.50. The van der Waals surface area contributed by atoms with Crippen LogP contribution in [0.2, 0.25) is 0 Å². The highest BCUT2D eigenvalue weighted by atomic mass is 16.5. The van der Waals surface area contributed by atoms with Crippen molar-refractivity contribution in [2.75, 3.05) is 40.3 Å². The molecular formula is C10H21N3O2. The third-order valence-corrected chi connectivity index (χ3v) is 3.00. The van der Waals surface area contributed by atoms with Gasteiger partial charge in [0.25, 0.3) is 0 Å². The number of hydrogen-bond acceptors (Lipinski definition) is 5. The first kappa shape index (κ1) is 12.4. The summed E-state index contributed by atoms with van der Waals surface area (Å²) in [7, 11) is 3.48. The molecule has 0 saturated carbocycles. The molecule has 2 unspecified atom stereocenters. The van der Waals surface area contributed by atoms with Crippen LogP contribution in [0.25, 0.3) is 0 Å². The summed E-state index contributed by atoms with van der Waals surface area (Å²) in [6.45, 7) is 5.71. The molecule has 1 aliphatic rings. The summed E-state index contributed by atoms with van der Waals surface area (Å²) < 4.78 is 4.60. The summed E-state index contributed by atoms with van der Waals surface area (Å²) in [4.78, 5) is 15.7. The fraction of sp³-hybridized carbons (Fsp3) is 0.900. The molecule has 5 nitrogen and oxygen atoms in total. The Morgan fingerprint density at radius 2 is 2.27 bits per heavy atom. The number of likely N-dealkylation sites (N-methyl/N-ethyl adjacent to an activating group) is 1. The van der Waals surface area contributed by atoms with E-state index in [4.69, 9.17) is 5.73 Å². The lowest BCUT2D eigenvalue weighted by atomic mass is 10.2. The van der Waals surface area contributed by atoms with Crippen molar-refractivity contribution in [1.29, 1.82) is 0 Å². The Morgan fingerprint density at radius 1 is 1.60 bits per heavy atom. The summed E-state index contributed by atoms with van der Waals surface area (Å²) in [5.74, 6) is -0.332. The van der Waals surface area contributed by atoms with E-state index in [1.165, 1.54) is 7.11 Å². The highest BCUT2D eigenvalue weighted by molar-refractivity contribution is 5.75. The van der Waals surface area contributed by atoms with Crippen molar-refractivity contribution >= 4 is 5.97 Å². The number of hydrogen-bond donors (Lipinski definition) is 1. The van der Waals surface area contributed by atoms with Crippen molar-refractivity contribution in [3.8, 4) is 0 Å². The van der Waals surface area contributed by atoms with Crippen LogP contribution in [0.3, 0.4) is 0 Å². The highest BCUT2D eigenvalue weighted by Crippen LogP contribution is 2.07. The molecule has 0 aliphatic carbocycles. The lowest BCUT2D eigenvalue weighted by molar-refractivity contribution is -0.142. The molecule has 15 heavy (non-hydrogen) atoms. The van der Waals surface area contributed by atoms with Gasteiger partial charge in [-0.1, -0.05) is 0 Å². The molecule has 0 radical (unpaired) electrons. The second-order valence-corrected chi connectivity index (χ2v) is 4.22. The second-order valence-electron chi connectivity index (χ2n) is 4.22. The Bertz CT molecular complexity index is 223. The predicted octanol–water partition coefficient (Wildman–Crippen LogP) is -0.877. The number of carbonyl (C=O) groups excluding carboxylic acids is 1. The fourth-order valence-corrected chi connectivity index (χ4v) is 1.79. The van der Waals surface area contributed by atoms with Crippen molar-refractivity contribution in [3.63, 3.8) is 0 Å². The topological polar surface area (TPSA) is 58.8 Å². The molecule has 88 valence electrons. The molecule has 0 aromatic carbocycles. The number of nitrogens with zero attached hydrogens (tertiary/aromatic N) is 2. The van der Waals surface area contributed by atoms with Crippen LogP contribution in [0, 0.1) is 0 Å². The Labute approximate surface area is 91.2 Å². The molecule has 1 heterocycles. The standard InChI is InChI=1S/C10H21N3O2/c1-8-6-13(5-4-12(8)2)7-9(11)10(14)15-3/h8-9H,4-7,11H2,1-3H3. The van der Waals surface area contributed by atoms with Gasteiger partial charge < -0.3 is 15.4 Å². The number of rotatable bonds is 3. The van der Waals surface area contributed by atoms with Crippen LogP contribution in [-0.4, -0.2) is 68.2 Å². The van der Waals surface area contributed by atoms with Gasteiger partial charge in [0.15, 0.2) is 0 Å². The van der Waals surface area contributed by atoms with Gasteiger partial charge in [0, 0.05) is 32.2 Å². The maximum absolute atomic E-state index is 11.1. The quantitative estimate of drug-likeness (QED) is 0.620. The van der Waals surface area contributed by atoms with Gasteiger partial charge in [-0.2, -0.15) is 0 Å². The maximum Gasteiger partial charge on any atom is 0.323 e. The summed E-state index contributed by atoms with van der Waals surface area (Å²) in [6, 6.07) is -0.00537. The molecule has 0 bridgehead atoms. The minimum Gasteiger partial charge on any atom is -0.468 e. The zero-order valence-electron chi connectivity index (χ0n) is 9.77. The Morgan fingerprint density at radius 3 is 2.80 bits per heavy atom. The van der Waals surface area contributed by atoms with Crippen molar-refractivity contribution in [1.82, 2.24) is 9.80 Å². The van der Waals surface area contributed by atoms with E-state index in [2.05, 4.69) is 28.5 Å². The highest BCUT2D eigenvalue weighted by Gasteiger charge is 2.24. The second kappa shape index (κ2) is 5.44. The molecule has 0 spiro atoms. The van der Waals surface area contributed by atoms with Gasteiger partial charge in [0.05, 0.1) is 7.11 Å². The SMILES string of the molecule is COC(=O)C(N)CN1CCN(C)C(C)C1. The van der Waals surface area contributed by atoms with E-state index < -0.39 is 6.04 Å². The lowest BCUT2D eigenvalue weighted by Crippen LogP contribution is -2.54. The molecule has 2 atom stereocenters. The van der Waals surface area contributed by atoms with E-state index in [0.717, 1.165) is 19.6 Å². The molecule has 1 saturated heterocycles. The van der Waals surface area contributed by atoms with Crippen molar-refractivity contribution < 1.29 is 9.53 Å². The normalized spacial score (nSPS) is 26.3. The van der Waals surface area contributed by atoms with Crippen molar-refractivity contribution in [2.24, 2.45) is 5.73 Å². The summed E-state index contributed by atoms with van der Waals surface area (Å²) in [6.07, 6.45) is 0. The molecule has 0 aromatic rings.